The number of rotatable bonds is 6. The summed E-state index contributed by atoms with van der Waals surface area (Å²) >= 11 is 0. The van der Waals surface area contributed by atoms with Crippen LogP contribution in [0.2, 0.25) is 0 Å². The molecule has 7 nitrogen and oxygen atoms in total. The van der Waals surface area contributed by atoms with Crippen molar-refractivity contribution in [3.63, 3.8) is 0 Å². The van der Waals surface area contributed by atoms with Gasteiger partial charge in [-0.2, -0.15) is 0 Å². The quantitative estimate of drug-likeness (QED) is 0.680. The lowest BCUT2D eigenvalue weighted by Crippen LogP contribution is -2.25. The van der Waals surface area contributed by atoms with Crippen LogP contribution in [0.4, 0.5) is 5.69 Å². The second-order valence-electron chi connectivity index (χ2n) is 5.96. The third-order valence-electron chi connectivity index (χ3n) is 4.20. The number of hydrogen-bond donors (Lipinski definition) is 1. The van der Waals surface area contributed by atoms with Crippen LogP contribution in [0.1, 0.15) is 16.1 Å². The van der Waals surface area contributed by atoms with E-state index in [9.17, 15) is 14.4 Å². The van der Waals surface area contributed by atoms with Gasteiger partial charge in [0.25, 0.3) is 11.5 Å². The van der Waals surface area contributed by atoms with Crippen LogP contribution in [0, 0.1) is 6.92 Å². The van der Waals surface area contributed by atoms with Gasteiger partial charge in [-0.05, 0) is 43.3 Å². The van der Waals surface area contributed by atoms with Gasteiger partial charge in [0, 0.05) is 12.6 Å². The minimum absolute atomic E-state index is 0.214. The average Bonchev–Trinajstić information content (AvgIpc) is 2.90. The van der Waals surface area contributed by atoms with Crippen LogP contribution in [-0.4, -0.2) is 28.2 Å². The maximum Gasteiger partial charge on any atom is 0.295 e. The van der Waals surface area contributed by atoms with Crippen molar-refractivity contribution in [1.82, 2.24) is 9.36 Å². The van der Waals surface area contributed by atoms with Crippen molar-refractivity contribution in [2.45, 2.75) is 6.92 Å². The second-order valence-corrected chi connectivity index (χ2v) is 5.96. The molecule has 27 heavy (non-hydrogen) atoms. The van der Waals surface area contributed by atoms with Crippen molar-refractivity contribution in [3.8, 4) is 11.4 Å². The minimum atomic E-state index is -0.444. The van der Waals surface area contributed by atoms with E-state index in [2.05, 4.69) is 5.32 Å². The molecule has 1 aromatic heterocycles. The molecule has 0 spiro atoms. The number of aldehydes is 1. The van der Waals surface area contributed by atoms with Crippen LogP contribution in [0.15, 0.2) is 59.4 Å². The molecule has 3 aromatic rings. The predicted octanol–water partition coefficient (Wildman–Crippen LogP) is 2.31. The number of para-hydroxylation sites is 1. The third kappa shape index (κ3) is 3.82. The minimum Gasteiger partial charge on any atom is -0.484 e. The van der Waals surface area contributed by atoms with Gasteiger partial charge in [-0.25, -0.2) is 4.68 Å². The molecule has 0 radical (unpaired) electrons. The summed E-state index contributed by atoms with van der Waals surface area (Å²) in [6, 6.07) is 15.6. The van der Waals surface area contributed by atoms with Crippen molar-refractivity contribution < 1.29 is 14.3 Å². The van der Waals surface area contributed by atoms with Crippen LogP contribution in [0.5, 0.6) is 5.75 Å². The van der Waals surface area contributed by atoms with Gasteiger partial charge < -0.3 is 10.1 Å². The number of carbonyl (C=O) groups is 2. The molecule has 0 atom stereocenters. The zero-order valence-electron chi connectivity index (χ0n) is 15.0. The molecule has 1 heterocycles. The van der Waals surface area contributed by atoms with Gasteiger partial charge in [0.1, 0.15) is 17.7 Å². The molecular formula is C20H19N3O4. The molecule has 1 N–H and O–H groups in total. The van der Waals surface area contributed by atoms with Gasteiger partial charge in [-0.1, -0.05) is 18.2 Å². The zero-order chi connectivity index (χ0) is 19.4. The van der Waals surface area contributed by atoms with E-state index in [1.165, 1.54) is 4.68 Å². The summed E-state index contributed by atoms with van der Waals surface area (Å²) in [6.07, 6.45) is 0.729. The lowest BCUT2D eigenvalue weighted by molar-refractivity contribution is -0.118. The number of benzene rings is 2. The highest BCUT2D eigenvalue weighted by atomic mass is 16.5. The summed E-state index contributed by atoms with van der Waals surface area (Å²) in [4.78, 5) is 35.6. The van der Waals surface area contributed by atoms with Crippen LogP contribution in [-0.2, 0) is 11.8 Å². The van der Waals surface area contributed by atoms with Crippen molar-refractivity contribution in [3.05, 3.63) is 76.2 Å². The largest absolute Gasteiger partial charge is 0.484 e. The predicted molar refractivity (Wildman–Crippen MR) is 102 cm³/mol. The monoisotopic (exact) mass is 365 g/mol. The maximum atomic E-state index is 12.7. The van der Waals surface area contributed by atoms with E-state index in [0.29, 0.717) is 22.7 Å². The molecule has 0 saturated heterocycles. The number of ether oxygens (including phenoxy) is 1. The van der Waals surface area contributed by atoms with Gasteiger partial charge in [-0.15, -0.1) is 0 Å². The normalized spacial score (nSPS) is 10.4. The first-order valence-corrected chi connectivity index (χ1v) is 8.33. The number of aromatic nitrogens is 2. The Bertz CT molecular complexity index is 1020. The Morgan fingerprint density at radius 1 is 1.11 bits per heavy atom. The molecule has 138 valence electrons. The highest BCUT2D eigenvalue weighted by Gasteiger charge is 2.18. The summed E-state index contributed by atoms with van der Waals surface area (Å²) in [7, 11) is 1.75. The molecule has 0 aliphatic rings. The Hall–Kier alpha value is -3.61. The number of nitrogens with one attached hydrogen (secondary N) is 1. The van der Waals surface area contributed by atoms with Crippen LogP contribution >= 0.6 is 0 Å². The number of hydrogen-bond acceptors (Lipinski definition) is 4. The van der Waals surface area contributed by atoms with Crippen molar-refractivity contribution in [2.24, 2.45) is 7.05 Å². The van der Waals surface area contributed by atoms with E-state index in [1.807, 2.05) is 30.3 Å². The van der Waals surface area contributed by atoms with Crippen LogP contribution in [0.3, 0.4) is 0 Å². The highest BCUT2D eigenvalue weighted by Crippen LogP contribution is 2.14. The molecule has 3 rings (SSSR count). The van der Waals surface area contributed by atoms with E-state index >= 15 is 0 Å². The molecule has 2 aromatic carbocycles. The maximum absolute atomic E-state index is 12.7. The van der Waals surface area contributed by atoms with Crippen molar-refractivity contribution in [1.29, 1.82) is 0 Å². The standard InChI is InChI=1S/C20H19N3O4/c1-14-19(20(26)23(22(14)2)16-6-4-3-5-7-16)21-18(25)13-27-17-10-8-15(12-24)9-11-17/h3-12H,13H2,1-2H3,(H,21,25). The second kappa shape index (κ2) is 7.74. The summed E-state index contributed by atoms with van der Waals surface area (Å²) in [5.41, 5.74) is 1.76. The molecular weight excluding hydrogens is 346 g/mol. The van der Waals surface area contributed by atoms with E-state index in [4.69, 9.17) is 4.74 Å². The fraction of sp³-hybridized carbons (Fsp3) is 0.150. The highest BCUT2D eigenvalue weighted by molar-refractivity contribution is 5.92. The summed E-state index contributed by atoms with van der Waals surface area (Å²) < 4.78 is 8.57. The number of carbonyl (C=O) groups excluding carboxylic acids is 2. The van der Waals surface area contributed by atoms with E-state index in [1.54, 1.807) is 42.9 Å². The van der Waals surface area contributed by atoms with Gasteiger partial charge >= 0.3 is 0 Å². The molecule has 0 bridgehead atoms. The smallest absolute Gasteiger partial charge is 0.295 e. The molecule has 1 amide bonds. The van der Waals surface area contributed by atoms with Crippen LogP contribution in [0.25, 0.3) is 5.69 Å². The Balaban J connectivity index is 1.74. The molecule has 0 saturated carbocycles. The van der Waals surface area contributed by atoms with Gasteiger partial charge in [0.05, 0.1) is 11.4 Å². The summed E-state index contributed by atoms with van der Waals surface area (Å²) in [5.74, 6) is 0.0164. The molecule has 0 fully saturated rings. The Kier molecular flexibility index (Phi) is 5.21. The Morgan fingerprint density at radius 2 is 1.78 bits per heavy atom. The Morgan fingerprint density at radius 3 is 2.41 bits per heavy atom. The van der Waals surface area contributed by atoms with Crippen LogP contribution < -0.4 is 15.6 Å². The summed E-state index contributed by atoms with van der Waals surface area (Å²) in [5, 5.41) is 2.63. The van der Waals surface area contributed by atoms with Crippen molar-refractivity contribution in [2.75, 3.05) is 11.9 Å². The van der Waals surface area contributed by atoms with Gasteiger partial charge in [0.2, 0.25) is 0 Å². The number of anilines is 1. The van der Waals surface area contributed by atoms with E-state index in [-0.39, 0.29) is 17.9 Å². The van der Waals surface area contributed by atoms with E-state index in [0.717, 1.165) is 6.29 Å². The first kappa shape index (κ1) is 18.2. The fourth-order valence-electron chi connectivity index (χ4n) is 2.68. The van der Waals surface area contributed by atoms with Gasteiger partial charge in [-0.3, -0.25) is 19.1 Å². The number of amides is 1. The SMILES string of the molecule is Cc1c(NC(=O)COc2ccc(C=O)cc2)c(=O)n(-c2ccccc2)n1C. The molecule has 0 aliphatic carbocycles. The topological polar surface area (TPSA) is 82.3 Å². The number of nitrogens with zero attached hydrogens (tertiary/aromatic N) is 2. The lowest BCUT2D eigenvalue weighted by Gasteiger charge is -2.07. The lowest BCUT2D eigenvalue weighted by atomic mass is 10.2. The first-order valence-electron chi connectivity index (χ1n) is 8.33. The molecule has 7 heteroatoms. The Labute approximate surface area is 155 Å². The summed E-state index contributed by atoms with van der Waals surface area (Å²) in [6.45, 7) is 1.51. The average molecular weight is 365 g/mol. The third-order valence-corrected chi connectivity index (χ3v) is 4.20. The first-order chi connectivity index (χ1) is 13.0. The molecule has 0 unspecified atom stereocenters. The van der Waals surface area contributed by atoms with Crippen molar-refractivity contribution >= 4 is 17.9 Å². The fourth-order valence-corrected chi connectivity index (χ4v) is 2.68. The molecule has 0 aliphatic heterocycles. The van der Waals surface area contributed by atoms with Gasteiger partial charge in [0.15, 0.2) is 6.61 Å². The zero-order valence-corrected chi connectivity index (χ0v) is 15.0. The van der Waals surface area contributed by atoms with E-state index < -0.39 is 5.91 Å².